The lowest BCUT2D eigenvalue weighted by atomic mass is 9.95. The molecule has 1 atom stereocenters. The van der Waals surface area contributed by atoms with E-state index in [9.17, 15) is 14.3 Å². The number of nitrogens with one attached hydrogen (secondary N) is 1. The molecule has 3 nitrogen and oxygen atoms in total. The number of hydrogen-bond acceptors (Lipinski definition) is 2. The maximum atomic E-state index is 13.1. The van der Waals surface area contributed by atoms with Gasteiger partial charge in [0, 0.05) is 6.54 Å². The zero-order valence-electron chi connectivity index (χ0n) is 11.1. The number of benzene rings is 1. The monoisotopic (exact) mass is 253 g/mol. The molecule has 100 valence electrons. The molecular formula is C14H20FNO2. The molecule has 4 heteroatoms. The van der Waals surface area contributed by atoms with Crippen molar-refractivity contribution >= 4 is 5.97 Å². The first kappa shape index (κ1) is 14.6. The van der Waals surface area contributed by atoms with E-state index < -0.39 is 11.5 Å². The van der Waals surface area contributed by atoms with Crippen LogP contribution in [0.3, 0.4) is 0 Å². The lowest BCUT2D eigenvalue weighted by molar-refractivity contribution is -0.144. The third-order valence-electron chi connectivity index (χ3n) is 3.20. The molecular weight excluding hydrogens is 233 g/mol. The number of aryl methyl sites for hydroxylation is 1. The SMILES string of the molecule is CCCC(C)(NCc1cc(F)ccc1C)C(=O)O. The highest BCUT2D eigenvalue weighted by Crippen LogP contribution is 2.16. The van der Waals surface area contributed by atoms with Gasteiger partial charge in [-0.25, -0.2) is 4.39 Å². The van der Waals surface area contributed by atoms with Crippen molar-refractivity contribution < 1.29 is 14.3 Å². The lowest BCUT2D eigenvalue weighted by Crippen LogP contribution is -2.49. The molecule has 1 unspecified atom stereocenters. The molecule has 0 aromatic heterocycles. The second kappa shape index (κ2) is 5.96. The maximum Gasteiger partial charge on any atom is 0.323 e. The Morgan fingerprint density at radius 3 is 2.72 bits per heavy atom. The second-order valence-corrected chi connectivity index (χ2v) is 4.81. The highest BCUT2D eigenvalue weighted by atomic mass is 19.1. The van der Waals surface area contributed by atoms with Gasteiger partial charge in [-0.3, -0.25) is 10.1 Å². The molecule has 0 aliphatic carbocycles. The summed E-state index contributed by atoms with van der Waals surface area (Å²) in [4.78, 5) is 11.2. The van der Waals surface area contributed by atoms with Crippen LogP contribution >= 0.6 is 0 Å². The minimum absolute atomic E-state index is 0.301. The highest BCUT2D eigenvalue weighted by molar-refractivity contribution is 5.78. The fraction of sp³-hybridized carbons (Fsp3) is 0.500. The molecule has 0 saturated carbocycles. The summed E-state index contributed by atoms with van der Waals surface area (Å²) in [5, 5.41) is 12.2. The van der Waals surface area contributed by atoms with Crippen molar-refractivity contribution in [1.82, 2.24) is 5.32 Å². The summed E-state index contributed by atoms with van der Waals surface area (Å²) >= 11 is 0. The summed E-state index contributed by atoms with van der Waals surface area (Å²) < 4.78 is 13.1. The van der Waals surface area contributed by atoms with Crippen molar-refractivity contribution in [3.8, 4) is 0 Å². The molecule has 1 rings (SSSR count). The van der Waals surface area contributed by atoms with Gasteiger partial charge in [-0.05, 0) is 43.5 Å². The standard InChI is InChI=1S/C14H20FNO2/c1-4-7-14(3,13(17)18)16-9-11-8-12(15)6-5-10(11)2/h5-6,8,16H,4,7,9H2,1-3H3,(H,17,18). The Hall–Kier alpha value is -1.42. The minimum atomic E-state index is -0.965. The van der Waals surface area contributed by atoms with Crippen LogP contribution < -0.4 is 5.32 Å². The first-order valence-electron chi connectivity index (χ1n) is 6.12. The van der Waals surface area contributed by atoms with E-state index in [2.05, 4.69) is 5.32 Å². The number of carboxylic acids is 1. The summed E-state index contributed by atoms with van der Waals surface area (Å²) in [5.74, 6) is -1.18. The van der Waals surface area contributed by atoms with E-state index in [1.807, 2.05) is 13.8 Å². The average Bonchev–Trinajstić information content (AvgIpc) is 2.30. The summed E-state index contributed by atoms with van der Waals surface area (Å²) in [6.07, 6.45) is 1.31. The Labute approximate surface area is 107 Å². The van der Waals surface area contributed by atoms with E-state index >= 15 is 0 Å². The van der Waals surface area contributed by atoms with Gasteiger partial charge < -0.3 is 5.11 Å². The van der Waals surface area contributed by atoms with Gasteiger partial charge in [0.15, 0.2) is 0 Å². The molecule has 18 heavy (non-hydrogen) atoms. The smallest absolute Gasteiger partial charge is 0.323 e. The summed E-state index contributed by atoms with van der Waals surface area (Å²) in [5.41, 5.74) is 0.778. The van der Waals surface area contributed by atoms with Crippen molar-refractivity contribution in [3.05, 3.63) is 35.1 Å². The molecule has 1 aromatic rings. The topological polar surface area (TPSA) is 49.3 Å². The van der Waals surface area contributed by atoms with Crippen LogP contribution in [0.15, 0.2) is 18.2 Å². The van der Waals surface area contributed by atoms with Gasteiger partial charge in [0.05, 0.1) is 0 Å². The molecule has 2 N–H and O–H groups in total. The van der Waals surface area contributed by atoms with Gasteiger partial charge >= 0.3 is 5.97 Å². The van der Waals surface area contributed by atoms with Gasteiger partial charge in [-0.2, -0.15) is 0 Å². The largest absolute Gasteiger partial charge is 0.480 e. The van der Waals surface area contributed by atoms with Crippen LogP contribution in [0.2, 0.25) is 0 Å². The zero-order valence-corrected chi connectivity index (χ0v) is 11.1. The maximum absolute atomic E-state index is 13.1. The lowest BCUT2D eigenvalue weighted by Gasteiger charge is -2.26. The fourth-order valence-corrected chi connectivity index (χ4v) is 1.89. The number of hydrogen-bond donors (Lipinski definition) is 2. The van der Waals surface area contributed by atoms with E-state index in [-0.39, 0.29) is 5.82 Å². The normalized spacial score (nSPS) is 14.2. The Kier molecular flexibility index (Phi) is 4.84. The van der Waals surface area contributed by atoms with E-state index in [0.29, 0.717) is 13.0 Å². The van der Waals surface area contributed by atoms with E-state index in [0.717, 1.165) is 17.5 Å². The number of carbonyl (C=O) groups is 1. The van der Waals surface area contributed by atoms with Gasteiger partial charge in [0.2, 0.25) is 0 Å². The van der Waals surface area contributed by atoms with Crippen LogP contribution in [0.1, 0.15) is 37.8 Å². The third kappa shape index (κ3) is 3.53. The van der Waals surface area contributed by atoms with Gasteiger partial charge in [0.25, 0.3) is 0 Å². The van der Waals surface area contributed by atoms with Crippen LogP contribution in [0.4, 0.5) is 4.39 Å². The van der Waals surface area contributed by atoms with Crippen LogP contribution in [-0.2, 0) is 11.3 Å². The Bertz CT molecular complexity index is 434. The molecule has 0 fully saturated rings. The molecule has 0 saturated heterocycles. The fourth-order valence-electron chi connectivity index (χ4n) is 1.89. The molecule has 0 amide bonds. The highest BCUT2D eigenvalue weighted by Gasteiger charge is 2.31. The van der Waals surface area contributed by atoms with E-state index in [4.69, 9.17) is 0 Å². The van der Waals surface area contributed by atoms with Crippen LogP contribution in [0, 0.1) is 12.7 Å². The van der Waals surface area contributed by atoms with Crippen LogP contribution in [0.5, 0.6) is 0 Å². The second-order valence-electron chi connectivity index (χ2n) is 4.81. The van der Waals surface area contributed by atoms with Crippen molar-refractivity contribution in [1.29, 1.82) is 0 Å². The van der Waals surface area contributed by atoms with Gasteiger partial charge in [-0.15, -0.1) is 0 Å². The van der Waals surface area contributed by atoms with Crippen LogP contribution in [0.25, 0.3) is 0 Å². The minimum Gasteiger partial charge on any atom is -0.480 e. The molecule has 0 bridgehead atoms. The third-order valence-corrected chi connectivity index (χ3v) is 3.20. The van der Waals surface area contributed by atoms with E-state index in [1.54, 1.807) is 13.0 Å². The Balaban J connectivity index is 2.79. The average molecular weight is 253 g/mol. The Morgan fingerprint density at radius 2 is 2.17 bits per heavy atom. The zero-order chi connectivity index (χ0) is 13.8. The predicted molar refractivity (Wildman–Crippen MR) is 68.9 cm³/mol. The summed E-state index contributed by atoms with van der Waals surface area (Å²) in [6.45, 7) is 5.84. The summed E-state index contributed by atoms with van der Waals surface area (Å²) in [7, 11) is 0. The molecule has 0 spiro atoms. The number of halogens is 1. The van der Waals surface area contributed by atoms with Gasteiger partial charge in [-0.1, -0.05) is 19.4 Å². The molecule has 0 heterocycles. The summed E-state index contributed by atoms with van der Waals surface area (Å²) in [6, 6.07) is 4.54. The van der Waals surface area contributed by atoms with Crippen molar-refractivity contribution in [3.63, 3.8) is 0 Å². The van der Waals surface area contributed by atoms with E-state index in [1.165, 1.54) is 12.1 Å². The first-order valence-corrected chi connectivity index (χ1v) is 6.12. The Morgan fingerprint density at radius 1 is 1.50 bits per heavy atom. The van der Waals surface area contributed by atoms with Crippen molar-refractivity contribution in [2.75, 3.05) is 0 Å². The molecule has 1 aromatic carbocycles. The molecule has 0 aliphatic heterocycles. The number of rotatable bonds is 6. The number of carboxylic acid groups (broad SMARTS) is 1. The van der Waals surface area contributed by atoms with Crippen molar-refractivity contribution in [2.24, 2.45) is 0 Å². The number of aliphatic carboxylic acids is 1. The van der Waals surface area contributed by atoms with Crippen molar-refractivity contribution in [2.45, 2.75) is 45.7 Å². The molecule has 0 radical (unpaired) electrons. The predicted octanol–water partition coefficient (Wildman–Crippen LogP) is 2.87. The first-order chi connectivity index (χ1) is 8.39. The van der Waals surface area contributed by atoms with Gasteiger partial charge in [0.1, 0.15) is 11.4 Å². The molecule has 0 aliphatic rings. The van der Waals surface area contributed by atoms with Crippen LogP contribution in [-0.4, -0.2) is 16.6 Å². The quantitative estimate of drug-likeness (QED) is 0.819.